The van der Waals surface area contributed by atoms with Gasteiger partial charge in [0.05, 0.1) is 18.1 Å². The van der Waals surface area contributed by atoms with Crippen LogP contribution in [0, 0.1) is 19.8 Å². The minimum Gasteiger partial charge on any atom is -0.379 e. The van der Waals surface area contributed by atoms with Crippen LogP contribution < -0.4 is 4.72 Å². The zero-order chi connectivity index (χ0) is 16.2. The third-order valence-electron chi connectivity index (χ3n) is 4.08. The predicted molar refractivity (Wildman–Crippen MR) is 87.5 cm³/mol. The van der Waals surface area contributed by atoms with E-state index in [4.69, 9.17) is 4.74 Å². The van der Waals surface area contributed by atoms with E-state index >= 15 is 0 Å². The van der Waals surface area contributed by atoms with Crippen molar-refractivity contribution in [2.75, 3.05) is 39.4 Å². The lowest BCUT2D eigenvalue weighted by molar-refractivity contribution is 0.0321. The Morgan fingerprint density at radius 2 is 1.91 bits per heavy atom. The van der Waals surface area contributed by atoms with Gasteiger partial charge in [0.1, 0.15) is 0 Å². The van der Waals surface area contributed by atoms with Crippen LogP contribution in [0.5, 0.6) is 0 Å². The number of hydrogen-bond donors (Lipinski definition) is 1. The quantitative estimate of drug-likeness (QED) is 0.862. The average Bonchev–Trinajstić information content (AvgIpc) is 2.49. The molecule has 1 N–H and O–H groups in total. The predicted octanol–water partition coefficient (Wildman–Crippen LogP) is 1.55. The molecule has 0 saturated carbocycles. The Labute approximate surface area is 133 Å². The number of nitrogens with one attached hydrogen (secondary N) is 1. The molecule has 5 nitrogen and oxygen atoms in total. The normalized spacial score (nSPS) is 18.3. The number of ether oxygens (including phenoxy) is 1. The summed E-state index contributed by atoms with van der Waals surface area (Å²) in [5.74, 6) is 0.263. The van der Waals surface area contributed by atoms with Gasteiger partial charge >= 0.3 is 0 Å². The number of sulfonamides is 1. The highest BCUT2D eigenvalue weighted by Crippen LogP contribution is 2.15. The lowest BCUT2D eigenvalue weighted by Gasteiger charge is -2.29. The SMILES string of the molecule is Cc1ccc(S(=O)(=O)NCC(C)CN2CCOCC2)cc1C. The van der Waals surface area contributed by atoms with Crippen LogP contribution in [0.3, 0.4) is 0 Å². The van der Waals surface area contributed by atoms with Crippen LogP contribution >= 0.6 is 0 Å². The molecule has 0 aliphatic carbocycles. The Kier molecular flexibility index (Phi) is 5.97. The van der Waals surface area contributed by atoms with E-state index in [1.807, 2.05) is 19.9 Å². The van der Waals surface area contributed by atoms with Gasteiger partial charge in [0.25, 0.3) is 0 Å². The Morgan fingerprint density at radius 1 is 1.23 bits per heavy atom. The van der Waals surface area contributed by atoms with E-state index in [-0.39, 0.29) is 5.92 Å². The summed E-state index contributed by atoms with van der Waals surface area (Å²) in [6, 6.07) is 5.24. The molecule has 6 heteroatoms. The van der Waals surface area contributed by atoms with Crippen molar-refractivity contribution in [1.29, 1.82) is 0 Å². The van der Waals surface area contributed by atoms with Crippen LogP contribution in [-0.2, 0) is 14.8 Å². The summed E-state index contributed by atoms with van der Waals surface area (Å²) in [6.07, 6.45) is 0. The molecule has 2 rings (SSSR count). The summed E-state index contributed by atoms with van der Waals surface area (Å²) in [5.41, 5.74) is 2.09. The van der Waals surface area contributed by atoms with E-state index in [1.165, 1.54) is 0 Å². The van der Waals surface area contributed by atoms with Gasteiger partial charge in [0.15, 0.2) is 0 Å². The lowest BCUT2D eigenvalue weighted by Crippen LogP contribution is -2.41. The molecule has 124 valence electrons. The summed E-state index contributed by atoms with van der Waals surface area (Å²) in [5, 5.41) is 0. The third-order valence-corrected chi connectivity index (χ3v) is 5.51. The van der Waals surface area contributed by atoms with E-state index in [2.05, 4.69) is 16.5 Å². The molecule has 1 saturated heterocycles. The lowest BCUT2D eigenvalue weighted by atomic mass is 10.1. The highest BCUT2D eigenvalue weighted by molar-refractivity contribution is 7.89. The van der Waals surface area contributed by atoms with Crippen molar-refractivity contribution >= 4 is 10.0 Å². The van der Waals surface area contributed by atoms with E-state index in [9.17, 15) is 8.42 Å². The molecule has 0 radical (unpaired) electrons. The first-order valence-corrected chi connectivity index (χ1v) is 9.24. The molecule has 1 aromatic carbocycles. The minimum absolute atomic E-state index is 0.263. The van der Waals surface area contributed by atoms with E-state index in [0.29, 0.717) is 11.4 Å². The van der Waals surface area contributed by atoms with Crippen molar-refractivity contribution in [3.05, 3.63) is 29.3 Å². The third kappa shape index (κ3) is 4.78. The van der Waals surface area contributed by atoms with Crippen LogP contribution in [0.25, 0.3) is 0 Å². The fourth-order valence-corrected chi connectivity index (χ4v) is 3.76. The van der Waals surface area contributed by atoms with Gasteiger partial charge in [-0.2, -0.15) is 0 Å². The molecule has 22 heavy (non-hydrogen) atoms. The number of benzene rings is 1. The van der Waals surface area contributed by atoms with Gasteiger partial charge in [-0.15, -0.1) is 0 Å². The van der Waals surface area contributed by atoms with Crippen LogP contribution in [0.2, 0.25) is 0 Å². The maximum absolute atomic E-state index is 12.3. The second-order valence-electron chi connectivity index (χ2n) is 6.12. The number of nitrogens with zero attached hydrogens (tertiary/aromatic N) is 1. The van der Waals surface area contributed by atoms with E-state index < -0.39 is 10.0 Å². The van der Waals surface area contributed by atoms with Crippen molar-refractivity contribution in [2.45, 2.75) is 25.7 Å². The molecule has 1 aromatic rings. The molecule has 1 aliphatic rings. The number of rotatable bonds is 6. The van der Waals surface area contributed by atoms with Crippen molar-refractivity contribution in [3.63, 3.8) is 0 Å². The fraction of sp³-hybridized carbons (Fsp3) is 0.625. The zero-order valence-electron chi connectivity index (χ0n) is 13.6. The number of hydrogen-bond acceptors (Lipinski definition) is 4. The minimum atomic E-state index is -3.43. The monoisotopic (exact) mass is 326 g/mol. The maximum atomic E-state index is 12.3. The topological polar surface area (TPSA) is 58.6 Å². The van der Waals surface area contributed by atoms with E-state index in [0.717, 1.165) is 44.0 Å². The summed E-state index contributed by atoms with van der Waals surface area (Å²) in [4.78, 5) is 2.66. The Bertz CT molecular complexity index is 595. The smallest absolute Gasteiger partial charge is 0.240 e. The number of morpholine rings is 1. The first kappa shape index (κ1) is 17.4. The standard InChI is InChI=1S/C16H26N2O3S/c1-13(12-18-6-8-21-9-7-18)11-17-22(19,20)16-5-4-14(2)15(3)10-16/h4-5,10,13,17H,6-9,11-12H2,1-3H3. The molecule has 1 fully saturated rings. The summed E-state index contributed by atoms with van der Waals surface area (Å²) >= 11 is 0. The molecular formula is C16H26N2O3S. The van der Waals surface area contributed by atoms with E-state index in [1.54, 1.807) is 12.1 Å². The molecule has 0 amide bonds. The van der Waals surface area contributed by atoms with Gasteiger partial charge in [0, 0.05) is 26.2 Å². The largest absolute Gasteiger partial charge is 0.379 e. The summed E-state index contributed by atoms with van der Waals surface area (Å²) < 4.78 is 32.7. The van der Waals surface area contributed by atoms with Gasteiger partial charge < -0.3 is 4.74 Å². The van der Waals surface area contributed by atoms with Gasteiger partial charge in [0.2, 0.25) is 10.0 Å². The first-order valence-electron chi connectivity index (χ1n) is 7.75. The van der Waals surface area contributed by atoms with Crippen LogP contribution in [0.15, 0.2) is 23.1 Å². The maximum Gasteiger partial charge on any atom is 0.240 e. The van der Waals surface area contributed by atoms with Gasteiger partial charge in [-0.1, -0.05) is 13.0 Å². The first-order chi connectivity index (χ1) is 10.4. The molecule has 1 aliphatic heterocycles. The fourth-order valence-electron chi connectivity index (χ4n) is 2.51. The Balaban J connectivity index is 1.89. The summed E-state index contributed by atoms with van der Waals surface area (Å²) in [6.45, 7) is 10.7. The molecule has 1 heterocycles. The zero-order valence-corrected chi connectivity index (χ0v) is 14.4. The molecule has 0 spiro atoms. The average molecular weight is 326 g/mol. The summed E-state index contributed by atoms with van der Waals surface area (Å²) in [7, 11) is -3.43. The Hall–Kier alpha value is -0.950. The van der Waals surface area contributed by atoms with Crippen LogP contribution in [-0.4, -0.2) is 52.7 Å². The van der Waals surface area contributed by atoms with Crippen molar-refractivity contribution in [2.24, 2.45) is 5.92 Å². The molecule has 0 aromatic heterocycles. The van der Waals surface area contributed by atoms with Crippen molar-refractivity contribution < 1.29 is 13.2 Å². The molecule has 1 unspecified atom stereocenters. The van der Waals surface area contributed by atoms with Gasteiger partial charge in [-0.05, 0) is 43.0 Å². The second-order valence-corrected chi connectivity index (χ2v) is 7.88. The van der Waals surface area contributed by atoms with Gasteiger partial charge in [-0.25, -0.2) is 13.1 Å². The molecule has 0 bridgehead atoms. The Morgan fingerprint density at radius 3 is 2.55 bits per heavy atom. The van der Waals surface area contributed by atoms with Crippen LogP contribution in [0.1, 0.15) is 18.1 Å². The molecular weight excluding hydrogens is 300 g/mol. The number of aryl methyl sites for hydroxylation is 2. The van der Waals surface area contributed by atoms with Crippen molar-refractivity contribution in [3.8, 4) is 0 Å². The molecule has 1 atom stereocenters. The highest BCUT2D eigenvalue weighted by Gasteiger charge is 2.18. The van der Waals surface area contributed by atoms with Crippen LogP contribution in [0.4, 0.5) is 0 Å². The highest BCUT2D eigenvalue weighted by atomic mass is 32.2. The second kappa shape index (κ2) is 7.55. The van der Waals surface area contributed by atoms with Crippen molar-refractivity contribution in [1.82, 2.24) is 9.62 Å². The van der Waals surface area contributed by atoms with Gasteiger partial charge in [-0.3, -0.25) is 4.90 Å².